The molecule has 0 saturated heterocycles. The predicted octanol–water partition coefficient (Wildman–Crippen LogP) is 3.04. The summed E-state index contributed by atoms with van der Waals surface area (Å²) in [5, 5.41) is 12.6. The molecule has 1 aliphatic rings. The molecule has 0 aliphatic heterocycles. The van der Waals surface area contributed by atoms with Crippen molar-refractivity contribution in [1.82, 2.24) is 5.32 Å². The van der Waals surface area contributed by atoms with Crippen molar-refractivity contribution in [2.75, 3.05) is 6.61 Å². The molecule has 20 heavy (non-hydrogen) atoms. The maximum atomic E-state index is 12.6. The second kappa shape index (κ2) is 6.59. The van der Waals surface area contributed by atoms with E-state index in [2.05, 4.69) is 5.32 Å². The fraction of sp³-hybridized carbons (Fsp3) is 0.562. The lowest BCUT2D eigenvalue weighted by molar-refractivity contribution is -0.130. The molecular formula is C16H22ClNO2. The first-order valence-electron chi connectivity index (χ1n) is 7.26. The van der Waals surface area contributed by atoms with Gasteiger partial charge in [-0.05, 0) is 50.3 Å². The second-order valence-corrected chi connectivity index (χ2v) is 6.12. The van der Waals surface area contributed by atoms with E-state index in [0.29, 0.717) is 11.4 Å². The molecule has 1 saturated carbocycles. The van der Waals surface area contributed by atoms with E-state index >= 15 is 0 Å². The van der Waals surface area contributed by atoms with E-state index in [0.717, 1.165) is 31.2 Å². The van der Waals surface area contributed by atoms with E-state index in [1.807, 2.05) is 31.2 Å². The summed E-state index contributed by atoms with van der Waals surface area (Å²) in [5.74, 6) is 0.0939. The van der Waals surface area contributed by atoms with Crippen molar-refractivity contribution in [3.8, 4) is 0 Å². The molecule has 0 spiro atoms. The number of carbonyl (C=O) groups is 1. The Kier molecular flexibility index (Phi) is 5.06. The number of carbonyl (C=O) groups excluding carboxylic acids is 1. The van der Waals surface area contributed by atoms with Gasteiger partial charge < -0.3 is 10.4 Å². The Morgan fingerprint density at radius 2 is 2.25 bits per heavy atom. The highest BCUT2D eigenvalue weighted by molar-refractivity contribution is 6.30. The molecule has 2 N–H and O–H groups in total. The average Bonchev–Trinajstić information content (AvgIpc) is 2.35. The molecule has 0 aromatic heterocycles. The van der Waals surface area contributed by atoms with Crippen LogP contribution in [-0.2, 0) is 10.2 Å². The number of benzene rings is 1. The molecule has 2 rings (SSSR count). The van der Waals surface area contributed by atoms with Gasteiger partial charge in [0.2, 0.25) is 5.91 Å². The van der Waals surface area contributed by atoms with Crippen LogP contribution in [0.2, 0.25) is 5.02 Å². The topological polar surface area (TPSA) is 49.3 Å². The molecule has 0 radical (unpaired) electrons. The third-order valence-electron chi connectivity index (χ3n) is 4.19. The molecule has 1 fully saturated rings. The lowest BCUT2D eigenvalue weighted by Crippen LogP contribution is -2.51. The number of hydrogen-bond donors (Lipinski definition) is 2. The van der Waals surface area contributed by atoms with Gasteiger partial charge in [0.05, 0.1) is 5.41 Å². The van der Waals surface area contributed by atoms with E-state index in [9.17, 15) is 4.79 Å². The zero-order valence-corrected chi connectivity index (χ0v) is 12.6. The first kappa shape index (κ1) is 15.3. The molecule has 0 heterocycles. The van der Waals surface area contributed by atoms with Crippen LogP contribution < -0.4 is 5.32 Å². The number of rotatable bonds is 6. The van der Waals surface area contributed by atoms with Crippen LogP contribution in [0.3, 0.4) is 0 Å². The van der Waals surface area contributed by atoms with E-state index in [-0.39, 0.29) is 18.6 Å². The Morgan fingerprint density at radius 3 is 2.80 bits per heavy atom. The van der Waals surface area contributed by atoms with Crippen molar-refractivity contribution < 1.29 is 9.90 Å². The molecule has 110 valence electrons. The number of nitrogens with one attached hydrogen (secondary N) is 1. The summed E-state index contributed by atoms with van der Waals surface area (Å²) in [6.07, 6.45) is 4.35. The molecule has 0 bridgehead atoms. The summed E-state index contributed by atoms with van der Waals surface area (Å²) in [6, 6.07) is 7.72. The average molecular weight is 296 g/mol. The van der Waals surface area contributed by atoms with Gasteiger partial charge in [0, 0.05) is 17.7 Å². The van der Waals surface area contributed by atoms with Gasteiger partial charge in [0.25, 0.3) is 0 Å². The van der Waals surface area contributed by atoms with Gasteiger partial charge in [-0.25, -0.2) is 0 Å². The Morgan fingerprint density at radius 1 is 1.50 bits per heavy atom. The zero-order valence-electron chi connectivity index (χ0n) is 11.9. The highest BCUT2D eigenvalue weighted by Gasteiger charge is 2.45. The number of aliphatic hydroxyl groups excluding tert-OH is 1. The lowest BCUT2D eigenvalue weighted by atomic mass is 9.63. The van der Waals surface area contributed by atoms with Gasteiger partial charge in [-0.15, -0.1) is 0 Å². The molecule has 1 atom stereocenters. The Hall–Kier alpha value is -1.06. The Balaban J connectivity index is 2.09. The number of amides is 1. The summed E-state index contributed by atoms with van der Waals surface area (Å²) >= 11 is 6.05. The molecule has 1 aromatic rings. The lowest BCUT2D eigenvalue weighted by Gasteiger charge is -2.41. The van der Waals surface area contributed by atoms with Gasteiger partial charge >= 0.3 is 0 Å². The molecule has 1 aliphatic carbocycles. The molecular weight excluding hydrogens is 274 g/mol. The molecule has 4 heteroatoms. The smallest absolute Gasteiger partial charge is 0.230 e. The van der Waals surface area contributed by atoms with Crippen LogP contribution >= 0.6 is 11.6 Å². The summed E-state index contributed by atoms with van der Waals surface area (Å²) in [6.45, 7) is 2.15. The first-order valence-corrected chi connectivity index (χ1v) is 7.64. The van der Waals surface area contributed by atoms with Crippen molar-refractivity contribution in [3.05, 3.63) is 34.9 Å². The van der Waals surface area contributed by atoms with Crippen LogP contribution in [0.25, 0.3) is 0 Å². The van der Waals surface area contributed by atoms with Crippen LogP contribution in [0, 0.1) is 0 Å². The highest BCUT2D eigenvalue weighted by atomic mass is 35.5. The summed E-state index contributed by atoms with van der Waals surface area (Å²) in [7, 11) is 0. The van der Waals surface area contributed by atoms with Gasteiger partial charge in [0.15, 0.2) is 0 Å². The Labute approximate surface area is 125 Å². The number of halogens is 1. The maximum absolute atomic E-state index is 12.6. The van der Waals surface area contributed by atoms with E-state index < -0.39 is 5.41 Å². The van der Waals surface area contributed by atoms with Gasteiger partial charge in [-0.1, -0.05) is 30.2 Å². The van der Waals surface area contributed by atoms with Crippen LogP contribution in [0.5, 0.6) is 0 Å². The zero-order chi connectivity index (χ0) is 14.6. The monoisotopic (exact) mass is 295 g/mol. The van der Waals surface area contributed by atoms with Gasteiger partial charge in [-0.3, -0.25) is 4.79 Å². The standard InChI is InChI=1S/C16H22ClNO2/c1-12(5-3-10-19)18-15(20)16(8-4-9-16)13-6-2-7-14(17)11-13/h2,6-7,11-12,19H,3-5,8-10H2,1H3,(H,18,20). The van der Waals surface area contributed by atoms with E-state index in [1.54, 1.807) is 0 Å². The molecule has 3 nitrogen and oxygen atoms in total. The quantitative estimate of drug-likeness (QED) is 0.847. The van der Waals surface area contributed by atoms with Crippen molar-refractivity contribution >= 4 is 17.5 Å². The molecule has 1 unspecified atom stereocenters. The second-order valence-electron chi connectivity index (χ2n) is 5.69. The fourth-order valence-corrected chi connectivity index (χ4v) is 2.99. The first-order chi connectivity index (χ1) is 9.58. The summed E-state index contributed by atoms with van der Waals surface area (Å²) in [4.78, 5) is 12.6. The Bertz CT molecular complexity index is 471. The van der Waals surface area contributed by atoms with E-state index in [1.165, 1.54) is 0 Å². The molecule has 1 amide bonds. The van der Waals surface area contributed by atoms with Crippen molar-refractivity contribution in [2.45, 2.75) is 50.5 Å². The highest BCUT2D eigenvalue weighted by Crippen LogP contribution is 2.44. The normalized spacial score (nSPS) is 18.1. The fourth-order valence-electron chi connectivity index (χ4n) is 2.79. The van der Waals surface area contributed by atoms with Crippen molar-refractivity contribution in [2.24, 2.45) is 0 Å². The van der Waals surface area contributed by atoms with E-state index in [4.69, 9.17) is 16.7 Å². The number of hydrogen-bond acceptors (Lipinski definition) is 2. The van der Waals surface area contributed by atoms with Gasteiger partial charge in [0.1, 0.15) is 0 Å². The van der Waals surface area contributed by atoms with Crippen LogP contribution in [-0.4, -0.2) is 23.7 Å². The summed E-state index contributed by atoms with van der Waals surface area (Å²) < 4.78 is 0. The minimum Gasteiger partial charge on any atom is -0.396 e. The number of aliphatic hydroxyl groups is 1. The van der Waals surface area contributed by atoms with Crippen LogP contribution in [0.4, 0.5) is 0 Å². The van der Waals surface area contributed by atoms with Crippen molar-refractivity contribution in [1.29, 1.82) is 0 Å². The van der Waals surface area contributed by atoms with Gasteiger partial charge in [-0.2, -0.15) is 0 Å². The summed E-state index contributed by atoms with van der Waals surface area (Å²) in [5.41, 5.74) is 0.612. The third-order valence-corrected chi connectivity index (χ3v) is 4.43. The SMILES string of the molecule is CC(CCCO)NC(=O)C1(c2cccc(Cl)c2)CCC1. The largest absolute Gasteiger partial charge is 0.396 e. The third kappa shape index (κ3) is 3.15. The molecule has 1 aromatic carbocycles. The minimum absolute atomic E-state index is 0.0892. The van der Waals surface area contributed by atoms with Crippen LogP contribution in [0.1, 0.15) is 44.6 Å². The van der Waals surface area contributed by atoms with Crippen molar-refractivity contribution in [3.63, 3.8) is 0 Å². The minimum atomic E-state index is -0.404. The predicted molar refractivity (Wildman–Crippen MR) is 80.9 cm³/mol. The maximum Gasteiger partial charge on any atom is 0.230 e. The van der Waals surface area contributed by atoms with Crippen LogP contribution in [0.15, 0.2) is 24.3 Å².